The van der Waals surface area contributed by atoms with E-state index in [1.165, 1.54) is 0 Å². The van der Waals surface area contributed by atoms with Crippen molar-refractivity contribution in [1.29, 1.82) is 5.26 Å². The zero-order valence-corrected chi connectivity index (χ0v) is 10.3. The molecular weight excluding hydrogens is 244 g/mol. The Morgan fingerprint density at radius 2 is 2.39 bits per heavy atom. The van der Waals surface area contributed by atoms with E-state index in [0.29, 0.717) is 0 Å². The molecule has 0 amide bonds. The lowest BCUT2D eigenvalue weighted by Crippen LogP contribution is -1.97. The molecule has 0 atom stereocenters. The minimum absolute atomic E-state index is 0.719. The van der Waals surface area contributed by atoms with Gasteiger partial charge in [0, 0.05) is 27.9 Å². The van der Waals surface area contributed by atoms with E-state index < -0.39 is 0 Å². The SMILES string of the molecule is N#Cc1csc(CNc2cccc3[nH]ncc23)c1. The maximum atomic E-state index is 8.77. The van der Waals surface area contributed by atoms with Gasteiger partial charge in [0.15, 0.2) is 0 Å². The van der Waals surface area contributed by atoms with E-state index in [1.807, 2.05) is 35.8 Å². The van der Waals surface area contributed by atoms with Crippen LogP contribution in [0.25, 0.3) is 10.9 Å². The number of benzene rings is 1. The average Bonchev–Trinajstić information content (AvgIpc) is 3.05. The number of thiophene rings is 1. The Hall–Kier alpha value is -2.32. The first-order chi connectivity index (χ1) is 8.86. The first-order valence-electron chi connectivity index (χ1n) is 5.50. The minimum Gasteiger partial charge on any atom is -0.380 e. The molecule has 0 saturated carbocycles. The highest BCUT2D eigenvalue weighted by Crippen LogP contribution is 2.22. The Kier molecular flexibility index (Phi) is 2.71. The van der Waals surface area contributed by atoms with Crippen LogP contribution in [0, 0.1) is 11.3 Å². The topological polar surface area (TPSA) is 64.5 Å². The monoisotopic (exact) mass is 254 g/mol. The zero-order valence-electron chi connectivity index (χ0n) is 9.47. The largest absolute Gasteiger partial charge is 0.380 e. The lowest BCUT2D eigenvalue weighted by atomic mass is 10.2. The number of aromatic nitrogens is 2. The van der Waals surface area contributed by atoms with Crippen LogP contribution >= 0.6 is 11.3 Å². The summed E-state index contributed by atoms with van der Waals surface area (Å²) in [7, 11) is 0. The Balaban J connectivity index is 1.81. The van der Waals surface area contributed by atoms with Crippen molar-refractivity contribution in [3.63, 3.8) is 0 Å². The molecule has 2 heterocycles. The molecule has 2 N–H and O–H groups in total. The molecule has 0 aliphatic heterocycles. The maximum absolute atomic E-state index is 8.77. The molecule has 0 unspecified atom stereocenters. The van der Waals surface area contributed by atoms with Gasteiger partial charge in [0.1, 0.15) is 6.07 Å². The second-order valence-corrected chi connectivity index (χ2v) is 4.90. The highest BCUT2D eigenvalue weighted by molar-refractivity contribution is 7.10. The summed E-state index contributed by atoms with van der Waals surface area (Å²) in [5, 5.41) is 22.1. The smallest absolute Gasteiger partial charge is 0.100 e. The summed E-state index contributed by atoms with van der Waals surface area (Å²) < 4.78 is 0. The van der Waals surface area contributed by atoms with Gasteiger partial charge in [0.25, 0.3) is 0 Å². The van der Waals surface area contributed by atoms with E-state index in [4.69, 9.17) is 5.26 Å². The number of nitriles is 1. The lowest BCUT2D eigenvalue weighted by Gasteiger charge is -2.05. The summed E-state index contributed by atoms with van der Waals surface area (Å²) in [5.41, 5.74) is 2.79. The number of fused-ring (bicyclic) bond motifs is 1. The van der Waals surface area contributed by atoms with Gasteiger partial charge in [-0.05, 0) is 18.2 Å². The van der Waals surface area contributed by atoms with Crippen molar-refractivity contribution in [2.75, 3.05) is 5.32 Å². The van der Waals surface area contributed by atoms with E-state index in [-0.39, 0.29) is 0 Å². The molecule has 5 heteroatoms. The summed E-state index contributed by atoms with van der Waals surface area (Å²) >= 11 is 1.59. The van der Waals surface area contributed by atoms with Gasteiger partial charge in [0.2, 0.25) is 0 Å². The van der Waals surface area contributed by atoms with Crippen LogP contribution in [0.4, 0.5) is 5.69 Å². The van der Waals surface area contributed by atoms with E-state index in [9.17, 15) is 0 Å². The van der Waals surface area contributed by atoms with Gasteiger partial charge in [0.05, 0.1) is 17.3 Å². The van der Waals surface area contributed by atoms with Crippen LogP contribution < -0.4 is 5.32 Å². The molecule has 0 spiro atoms. The number of aromatic amines is 1. The van der Waals surface area contributed by atoms with Crippen molar-refractivity contribution in [2.24, 2.45) is 0 Å². The molecule has 3 aromatic rings. The molecule has 18 heavy (non-hydrogen) atoms. The molecule has 0 saturated heterocycles. The number of nitrogens with one attached hydrogen (secondary N) is 2. The van der Waals surface area contributed by atoms with Crippen LogP contribution in [0.3, 0.4) is 0 Å². The van der Waals surface area contributed by atoms with Crippen LogP contribution in [0.2, 0.25) is 0 Å². The van der Waals surface area contributed by atoms with Gasteiger partial charge < -0.3 is 5.32 Å². The van der Waals surface area contributed by atoms with Crippen LogP contribution in [0.5, 0.6) is 0 Å². The number of nitrogens with zero attached hydrogens (tertiary/aromatic N) is 2. The lowest BCUT2D eigenvalue weighted by molar-refractivity contribution is 1.12. The summed E-state index contributed by atoms with van der Waals surface area (Å²) in [5.74, 6) is 0. The zero-order chi connectivity index (χ0) is 12.4. The fourth-order valence-electron chi connectivity index (χ4n) is 1.84. The molecule has 88 valence electrons. The highest BCUT2D eigenvalue weighted by Gasteiger charge is 2.03. The van der Waals surface area contributed by atoms with Crippen LogP contribution in [-0.2, 0) is 6.54 Å². The van der Waals surface area contributed by atoms with Crippen molar-refractivity contribution in [3.8, 4) is 6.07 Å². The van der Waals surface area contributed by atoms with Crippen molar-refractivity contribution in [3.05, 3.63) is 46.3 Å². The van der Waals surface area contributed by atoms with Gasteiger partial charge >= 0.3 is 0 Å². The van der Waals surface area contributed by atoms with Crippen LogP contribution in [0.1, 0.15) is 10.4 Å². The normalized spacial score (nSPS) is 10.4. The van der Waals surface area contributed by atoms with E-state index >= 15 is 0 Å². The molecule has 2 aromatic heterocycles. The molecule has 0 bridgehead atoms. The molecule has 1 aromatic carbocycles. The van der Waals surface area contributed by atoms with Gasteiger partial charge in [-0.25, -0.2) is 0 Å². The van der Waals surface area contributed by atoms with Crippen molar-refractivity contribution in [1.82, 2.24) is 10.2 Å². The summed E-state index contributed by atoms with van der Waals surface area (Å²) in [6, 6.07) is 10.0. The third-order valence-corrected chi connectivity index (χ3v) is 3.66. The number of hydrogen-bond acceptors (Lipinski definition) is 4. The fourth-order valence-corrected chi connectivity index (χ4v) is 2.59. The van der Waals surface area contributed by atoms with Gasteiger partial charge in [-0.1, -0.05) is 6.07 Å². The van der Waals surface area contributed by atoms with Crippen molar-refractivity contribution >= 4 is 27.9 Å². The highest BCUT2D eigenvalue weighted by atomic mass is 32.1. The molecule has 0 fully saturated rings. The average molecular weight is 254 g/mol. The Morgan fingerprint density at radius 1 is 1.44 bits per heavy atom. The predicted molar refractivity (Wildman–Crippen MR) is 72.5 cm³/mol. The number of hydrogen-bond donors (Lipinski definition) is 2. The van der Waals surface area contributed by atoms with Gasteiger partial charge in [-0.2, -0.15) is 10.4 Å². The quantitative estimate of drug-likeness (QED) is 0.754. The van der Waals surface area contributed by atoms with E-state index in [2.05, 4.69) is 21.6 Å². The van der Waals surface area contributed by atoms with Crippen molar-refractivity contribution in [2.45, 2.75) is 6.54 Å². The third-order valence-electron chi connectivity index (χ3n) is 2.72. The molecule has 0 radical (unpaired) electrons. The first kappa shape index (κ1) is 10.8. The molecule has 0 aliphatic carbocycles. The number of rotatable bonds is 3. The van der Waals surface area contributed by atoms with Crippen LogP contribution in [-0.4, -0.2) is 10.2 Å². The third kappa shape index (κ3) is 1.94. The standard InChI is InChI=1S/C13H10N4S/c14-5-9-4-10(18-8-9)6-15-12-2-1-3-13-11(12)7-16-17-13/h1-4,7-8,15H,6H2,(H,16,17). The Bertz CT molecular complexity index is 720. The van der Waals surface area contributed by atoms with E-state index in [1.54, 1.807) is 11.3 Å². The van der Waals surface area contributed by atoms with Crippen molar-refractivity contribution < 1.29 is 0 Å². The Morgan fingerprint density at radius 3 is 3.22 bits per heavy atom. The number of H-pyrrole nitrogens is 1. The second-order valence-electron chi connectivity index (χ2n) is 3.90. The molecule has 4 nitrogen and oxygen atoms in total. The fraction of sp³-hybridized carbons (Fsp3) is 0.0769. The van der Waals surface area contributed by atoms with E-state index in [0.717, 1.165) is 33.6 Å². The van der Waals surface area contributed by atoms with Gasteiger partial charge in [-0.15, -0.1) is 11.3 Å². The first-order valence-corrected chi connectivity index (χ1v) is 6.38. The predicted octanol–water partition coefficient (Wildman–Crippen LogP) is 3.11. The van der Waals surface area contributed by atoms with Gasteiger partial charge in [-0.3, -0.25) is 5.10 Å². The molecule has 0 aliphatic rings. The summed E-state index contributed by atoms with van der Waals surface area (Å²) in [4.78, 5) is 1.15. The van der Waals surface area contributed by atoms with Crippen LogP contribution in [0.15, 0.2) is 35.8 Å². The summed E-state index contributed by atoms with van der Waals surface area (Å²) in [6.45, 7) is 0.719. The molecule has 3 rings (SSSR count). The maximum Gasteiger partial charge on any atom is 0.100 e. The Labute approximate surface area is 108 Å². The summed E-state index contributed by atoms with van der Waals surface area (Å²) in [6.07, 6.45) is 1.81. The molecular formula is C13H10N4S. The number of anilines is 1. The minimum atomic E-state index is 0.719. The second kappa shape index (κ2) is 4.51.